The highest BCUT2D eigenvalue weighted by Crippen LogP contribution is 2.36. The molecule has 0 aromatic carbocycles. The summed E-state index contributed by atoms with van der Waals surface area (Å²) in [7, 11) is 0. The van der Waals surface area contributed by atoms with E-state index in [0.29, 0.717) is 13.0 Å². The molecule has 1 amide bonds. The topological polar surface area (TPSA) is 78.3 Å². The lowest BCUT2D eigenvalue weighted by Crippen LogP contribution is -2.54. The Morgan fingerprint density at radius 3 is 2.71 bits per heavy atom. The number of carbonyl (C=O) groups excluding carboxylic acids is 1. The fourth-order valence-corrected chi connectivity index (χ4v) is 2.41. The van der Waals surface area contributed by atoms with Crippen LogP contribution in [0.15, 0.2) is 0 Å². The van der Waals surface area contributed by atoms with Crippen LogP contribution in [0, 0.1) is 5.92 Å². The first-order chi connectivity index (χ1) is 7.82. The van der Waals surface area contributed by atoms with E-state index in [2.05, 4.69) is 20.8 Å². The zero-order chi connectivity index (χ0) is 13.1. The van der Waals surface area contributed by atoms with Gasteiger partial charge in [0.2, 0.25) is 5.91 Å². The third-order valence-corrected chi connectivity index (χ3v) is 4.14. The summed E-state index contributed by atoms with van der Waals surface area (Å²) in [5, 5.41) is 0. The van der Waals surface area contributed by atoms with Crippen LogP contribution >= 0.6 is 0 Å². The molecule has 2 atom stereocenters. The highest BCUT2D eigenvalue weighted by molar-refractivity contribution is 5.85. The van der Waals surface area contributed by atoms with Gasteiger partial charge in [-0.25, -0.2) is 0 Å². The molecule has 0 radical (unpaired) electrons. The molecule has 100 valence electrons. The van der Waals surface area contributed by atoms with E-state index in [9.17, 15) is 4.79 Å². The average Bonchev–Trinajstić information content (AvgIpc) is 2.62. The van der Waals surface area contributed by atoms with Crippen molar-refractivity contribution in [3.8, 4) is 0 Å². The molecule has 1 fully saturated rings. The van der Waals surface area contributed by atoms with E-state index in [1.807, 2.05) is 0 Å². The van der Waals surface area contributed by atoms with Gasteiger partial charge in [-0.15, -0.1) is 0 Å². The summed E-state index contributed by atoms with van der Waals surface area (Å²) in [6.07, 6.45) is 4.48. The number of hydrogen-bond acceptors (Lipinski definition) is 3. The predicted molar refractivity (Wildman–Crippen MR) is 68.4 cm³/mol. The minimum Gasteiger partial charge on any atom is -0.376 e. The molecule has 4 N–H and O–H groups in total. The maximum atomic E-state index is 11.4. The summed E-state index contributed by atoms with van der Waals surface area (Å²) in [6.45, 7) is 6.90. The highest BCUT2D eigenvalue weighted by atomic mass is 16.5. The molecule has 1 aliphatic carbocycles. The Labute approximate surface area is 104 Å². The van der Waals surface area contributed by atoms with Gasteiger partial charge in [-0.3, -0.25) is 4.79 Å². The fraction of sp³-hybridized carbons (Fsp3) is 0.923. The molecule has 0 aromatic heterocycles. The Hall–Kier alpha value is -0.610. The zero-order valence-corrected chi connectivity index (χ0v) is 11.3. The normalized spacial score (nSPS) is 29.5. The van der Waals surface area contributed by atoms with Crippen molar-refractivity contribution in [3.63, 3.8) is 0 Å². The average molecular weight is 242 g/mol. The Bertz CT molecular complexity index is 279. The van der Waals surface area contributed by atoms with Gasteiger partial charge < -0.3 is 16.2 Å². The summed E-state index contributed by atoms with van der Waals surface area (Å²) in [5.74, 6) is -0.192. The molecule has 4 heteroatoms. The van der Waals surface area contributed by atoms with Gasteiger partial charge in [-0.05, 0) is 45.4 Å². The third kappa shape index (κ3) is 3.42. The summed E-state index contributed by atoms with van der Waals surface area (Å²) < 4.78 is 5.81. The van der Waals surface area contributed by atoms with Crippen LogP contribution in [0.1, 0.15) is 52.9 Å². The molecule has 17 heavy (non-hydrogen) atoms. The number of primary amides is 1. The Morgan fingerprint density at radius 1 is 1.53 bits per heavy atom. The van der Waals surface area contributed by atoms with Crippen LogP contribution in [0.5, 0.6) is 0 Å². The Balaban J connectivity index is 2.44. The number of hydrogen-bond donors (Lipinski definition) is 2. The first-order valence-corrected chi connectivity index (χ1v) is 6.54. The van der Waals surface area contributed by atoms with E-state index in [1.165, 1.54) is 0 Å². The molecule has 4 nitrogen and oxygen atoms in total. The van der Waals surface area contributed by atoms with Gasteiger partial charge in [0.05, 0.1) is 11.1 Å². The molecule has 1 aliphatic rings. The van der Waals surface area contributed by atoms with Crippen molar-refractivity contribution in [2.75, 3.05) is 6.61 Å². The summed E-state index contributed by atoms with van der Waals surface area (Å²) in [6, 6.07) is 0. The second-order valence-corrected chi connectivity index (χ2v) is 5.74. The van der Waals surface area contributed by atoms with Gasteiger partial charge >= 0.3 is 0 Å². The first kappa shape index (κ1) is 14.5. The van der Waals surface area contributed by atoms with E-state index in [-0.39, 0.29) is 17.4 Å². The standard InChI is InChI=1S/C13H26N2O2/c1-4-12(2,3)17-9-7-10-6-5-8-13(10,15)11(14)16/h10H,4-9,15H2,1-3H3,(H2,14,16). The van der Waals surface area contributed by atoms with E-state index >= 15 is 0 Å². The molecule has 1 saturated carbocycles. The number of amides is 1. The van der Waals surface area contributed by atoms with Gasteiger partial charge in [0.15, 0.2) is 0 Å². The van der Waals surface area contributed by atoms with E-state index in [1.54, 1.807) is 0 Å². The van der Waals surface area contributed by atoms with Gasteiger partial charge in [0.1, 0.15) is 0 Å². The van der Waals surface area contributed by atoms with E-state index < -0.39 is 5.54 Å². The number of ether oxygens (including phenoxy) is 1. The summed E-state index contributed by atoms with van der Waals surface area (Å²) >= 11 is 0. The maximum absolute atomic E-state index is 11.4. The monoisotopic (exact) mass is 242 g/mol. The van der Waals surface area contributed by atoms with Crippen molar-refractivity contribution < 1.29 is 9.53 Å². The lowest BCUT2D eigenvalue weighted by atomic mass is 9.85. The molecule has 0 heterocycles. The second-order valence-electron chi connectivity index (χ2n) is 5.74. The largest absolute Gasteiger partial charge is 0.376 e. The number of nitrogens with two attached hydrogens (primary N) is 2. The Morgan fingerprint density at radius 2 is 2.18 bits per heavy atom. The molecular formula is C13H26N2O2. The molecule has 0 saturated heterocycles. The molecule has 2 unspecified atom stereocenters. The zero-order valence-electron chi connectivity index (χ0n) is 11.3. The quantitative estimate of drug-likeness (QED) is 0.742. The van der Waals surface area contributed by atoms with Crippen molar-refractivity contribution in [2.45, 2.75) is 64.0 Å². The third-order valence-electron chi connectivity index (χ3n) is 4.14. The van der Waals surface area contributed by atoms with Gasteiger partial charge in [0, 0.05) is 6.61 Å². The molecular weight excluding hydrogens is 216 g/mol. The van der Waals surface area contributed by atoms with Crippen LogP contribution in [0.4, 0.5) is 0 Å². The first-order valence-electron chi connectivity index (χ1n) is 6.54. The lowest BCUT2D eigenvalue weighted by Gasteiger charge is -2.30. The smallest absolute Gasteiger partial charge is 0.237 e. The van der Waals surface area contributed by atoms with Gasteiger partial charge in [-0.1, -0.05) is 13.3 Å². The summed E-state index contributed by atoms with van der Waals surface area (Å²) in [5.41, 5.74) is 10.6. The van der Waals surface area contributed by atoms with Crippen LogP contribution in [-0.2, 0) is 9.53 Å². The highest BCUT2D eigenvalue weighted by Gasteiger charge is 2.44. The SMILES string of the molecule is CCC(C)(C)OCCC1CCCC1(N)C(N)=O. The molecule has 0 spiro atoms. The van der Waals surface area contributed by atoms with Crippen molar-refractivity contribution >= 4 is 5.91 Å². The fourth-order valence-electron chi connectivity index (χ4n) is 2.41. The summed E-state index contributed by atoms with van der Waals surface area (Å²) in [4.78, 5) is 11.4. The molecule has 0 bridgehead atoms. The van der Waals surface area contributed by atoms with Crippen LogP contribution < -0.4 is 11.5 Å². The predicted octanol–water partition coefficient (Wildman–Crippen LogP) is 1.56. The van der Waals surface area contributed by atoms with Gasteiger partial charge in [-0.2, -0.15) is 0 Å². The van der Waals surface area contributed by atoms with Crippen molar-refractivity contribution in [1.29, 1.82) is 0 Å². The van der Waals surface area contributed by atoms with Crippen LogP contribution in [-0.4, -0.2) is 23.7 Å². The van der Waals surface area contributed by atoms with Crippen molar-refractivity contribution in [3.05, 3.63) is 0 Å². The second kappa shape index (κ2) is 5.36. The number of carbonyl (C=O) groups is 1. The van der Waals surface area contributed by atoms with E-state index in [4.69, 9.17) is 16.2 Å². The minimum absolute atomic E-state index is 0.0947. The maximum Gasteiger partial charge on any atom is 0.237 e. The van der Waals surface area contributed by atoms with Crippen molar-refractivity contribution in [1.82, 2.24) is 0 Å². The van der Waals surface area contributed by atoms with Crippen LogP contribution in [0.3, 0.4) is 0 Å². The van der Waals surface area contributed by atoms with E-state index in [0.717, 1.165) is 25.7 Å². The van der Waals surface area contributed by atoms with Crippen LogP contribution in [0.25, 0.3) is 0 Å². The molecule has 1 rings (SSSR count). The van der Waals surface area contributed by atoms with Crippen molar-refractivity contribution in [2.24, 2.45) is 17.4 Å². The molecule has 0 aromatic rings. The lowest BCUT2D eigenvalue weighted by molar-refractivity contribution is -0.124. The minimum atomic E-state index is -0.806. The van der Waals surface area contributed by atoms with Gasteiger partial charge in [0.25, 0.3) is 0 Å². The number of rotatable bonds is 6. The van der Waals surface area contributed by atoms with Crippen LogP contribution in [0.2, 0.25) is 0 Å². The Kier molecular flexibility index (Phi) is 4.55. The molecule has 0 aliphatic heterocycles.